The van der Waals surface area contributed by atoms with E-state index in [1.807, 2.05) is 24.3 Å². The third kappa shape index (κ3) is 1.64. The molecule has 106 valence electrons. The monoisotopic (exact) mass is 271 g/mol. The van der Waals surface area contributed by atoms with E-state index in [1.54, 1.807) is 0 Å². The summed E-state index contributed by atoms with van der Waals surface area (Å²) in [5.41, 5.74) is 8.22. The van der Waals surface area contributed by atoms with Gasteiger partial charge in [0.15, 0.2) is 0 Å². The Hall–Kier alpha value is -1.97. The number of fused-ring (bicyclic) bond motifs is 1. The summed E-state index contributed by atoms with van der Waals surface area (Å²) in [6, 6.07) is 7.72. The van der Waals surface area contributed by atoms with Gasteiger partial charge in [0.1, 0.15) is 5.69 Å². The third-order valence-corrected chi connectivity index (χ3v) is 5.23. The molecule has 0 radical (unpaired) electrons. The molecule has 0 spiro atoms. The molecule has 2 aromatic rings. The van der Waals surface area contributed by atoms with E-state index in [0.29, 0.717) is 11.4 Å². The van der Waals surface area contributed by atoms with Crippen LogP contribution in [-0.2, 0) is 0 Å². The fraction of sp³-hybridized carbons (Fsp3) is 0.438. The normalized spacial score (nSPS) is 20.0. The number of aromatic amines is 1. The molecule has 1 aromatic carbocycles. The second-order valence-electron chi connectivity index (χ2n) is 6.84. The van der Waals surface area contributed by atoms with Crippen molar-refractivity contribution >= 4 is 22.5 Å². The SMILES string of the molecule is CC1(C)C(NC(=O)c2cc3cccc(N)c3[nH]2)C1(C)C. The fourth-order valence-electron chi connectivity index (χ4n) is 3.07. The molecule has 1 aromatic heterocycles. The number of nitrogens with two attached hydrogens (primary N) is 1. The second kappa shape index (κ2) is 3.78. The van der Waals surface area contributed by atoms with Crippen LogP contribution in [0.25, 0.3) is 10.9 Å². The number of nitrogens with one attached hydrogen (secondary N) is 2. The average Bonchev–Trinajstić information content (AvgIpc) is 2.73. The third-order valence-electron chi connectivity index (χ3n) is 5.23. The van der Waals surface area contributed by atoms with Crippen molar-refractivity contribution in [2.45, 2.75) is 33.7 Å². The minimum Gasteiger partial charge on any atom is -0.397 e. The highest BCUT2D eigenvalue weighted by atomic mass is 16.2. The van der Waals surface area contributed by atoms with Crippen LogP contribution in [0, 0.1) is 10.8 Å². The van der Waals surface area contributed by atoms with Gasteiger partial charge in [0.2, 0.25) is 0 Å². The lowest BCUT2D eigenvalue weighted by Crippen LogP contribution is -2.29. The number of hydrogen-bond acceptors (Lipinski definition) is 2. The highest BCUT2D eigenvalue weighted by molar-refractivity contribution is 6.01. The predicted molar refractivity (Wildman–Crippen MR) is 81.5 cm³/mol. The van der Waals surface area contributed by atoms with Crippen LogP contribution in [0.5, 0.6) is 0 Å². The van der Waals surface area contributed by atoms with Gasteiger partial charge in [-0.1, -0.05) is 39.8 Å². The van der Waals surface area contributed by atoms with E-state index in [1.165, 1.54) is 0 Å². The molecule has 0 bridgehead atoms. The standard InChI is InChI=1S/C16H21N3O/c1-15(2)14(16(15,3)4)19-13(20)11-8-9-6-5-7-10(17)12(9)18-11/h5-8,14,18H,17H2,1-4H3,(H,19,20). The second-order valence-corrected chi connectivity index (χ2v) is 6.84. The zero-order valence-electron chi connectivity index (χ0n) is 12.4. The molecule has 4 N–H and O–H groups in total. The molecule has 1 heterocycles. The first-order chi connectivity index (χ1) is 9.25. The zero-order valence-corrected chi connectivity index (χ0v) is 12.4. The Balaban J connectivity index is 1.86. The van der Waals surface area contributed by atoms with Crippen molar-refractivity contribution in [2.75, 3.05) is 5.73 Å². The number of nitrogen functional groups attached to an aromatic ring is 1. The van der Waals surface area contributed by atoms with Crippen LogP contribution in [0.4, 0.5) is 5.69 Å². The van der Waals surface area contributed by atoms with Gasteiger partial charge >= 0.3 is 0 Å². The van der Waals surface area contributed by atoms with E-state index in [9.17, 15) is 4.79 Å². The van der Waals surface area contributed by atoms with Crippen LogP contribution in [0.15, 0.2) is 24.3 Å². The summed E-state index contributed by atoms with van der Waals surface area (Å²) in [6.45, 7) is 8.73. The summed E-state index contributed by atoms with van der Waals surface area (Å²) in [4.78, 5) is 15.5. The molecule has 4 nitrogen and oxygen atoms in total. The molecule has 0 unspecified atom stereocenters. The largest absolute Gasteiger partial charge is 0.397 e. The number of amides is 1. The van der Waals surface area contributed by atoms with Crippen LogP contribution in [0.2, 0.25) is 0 Å². The van der Waals surface area contributed by atoms with Crippen molar-refractivity contribution in [3.63, 3.8) is 0 Å². The zero-order chi connectivity index (χ0) is 14.7. The lowest BCUT2D eigenvalue weighted by Gasteiger charge is -2.05. The van der Waals surface area contributed by atoms with Gasteiger partial charge in [-0.05, 0) is 23.0 Å². The molecule has 3 rings (SSSR count). The topological polar surface area (TPSA) is 70.9 Å². The van der Waals surface area contributed by atoms with Crippen molar-refractivity contribution in [1.29, 1.82) is 0 Å². The summed E-state index contributed by atoms with van der Waals surface area (Å²) in [5.74, 6) is -0.0655. The maximum Gasteiger partial charge on any atom is 0.267 e. The number of aromatic nitrogens is 1. The van der Waals surface area contributed by atoms with Gasteiger partial charge in [-0.15, -0.1) is 0 Å². The number of H-pyrrole nitrogens is 1. The predicted octanol–water partition coefficient (Wildman–Crippen LogP) is 2.91. The van der Waals surface area contributed by atoms with E-state index in [0.717, 1.165) is 10.9 Å². The van der Waals surface area contributed by atoms with E-state index in [4.69, 9.17) is 5.73 Å². The summed E-state index contributed by atoms with van der Waals surface area (Å²) >= 11 is 0. The minimum atomic E-state index is -0.0655. The van der Waals surface area contributed by atoms with E-state index in [2.05, 4.69) is 38.0 Å². The molecule has 1 aliphatic rings. The first kappa shape index (κ1) is 13.0. The van der Waals surface area contributed by atoms with Crippen molar-refractivity contribution in [1.82, 2.24) is 10.3 Å². The van der Waals surface area contributed by atoms with Crippen LogP contribution in [0.3, 0.4) is 0 Å². The number of carbonyl (C=O) groups is 1. The van der Waals surface area contributed by atoms with Crippen molar-refractivity contribution in [3.05, 3.63) is 30.0 Å². The van der Waals surface area contributed by atoms with Crippen LogP contribution < -0.4 is 11.1 Å². The Labute approximate surface area is 118 Å². The van der Waals surface area contributed by atoms with Gasteiger partial charge in [0.25, 0.3) is 5.91 Å². The lowest BCUT2D eigenvalue weighted by molar-refractivity contribution is 0.0939. The van der Waals surface area contributed by atoms with Gasteiger partial charge in [0, 0.05) is 11.4 Å². The van der Waals surface area contributed by atoms with Gasteiger partial charge < -0.3 is 16.0 Å². The molecule has 0 saturated heterocycles. The van der Waals surface area contributed by atoms with Gasteiger partial charge in [-0.3, -0.25) is 4.79 Å². The molecule has 1 fully saturated rings. The number of carbonyl (C=O) groups excluding carboxylic acids is 1. The van der Waals surface area contributed by atoms with E-state index < -0.39 is 0 Å². The highest BCUT2D eigenvalue weighted by Crippen LogP contribution is 2.62. The molecule has 1 aliphatic carbocycles. The number of para-hydroxylation sites is 1. The van der Waals surface area contributed by atoms with Gasteiger partial charge in [-0.2, -0.15) is 0 Å². The smallest absolute Gasteiger partial charge is 0.267 e. The van der Waals surface area contributed by atoms with Crippen LogP contribution in [0.1, 0.15) is 38.2 Å². The summed E-state index contributed by atoms with van der Waals surface area (Å²) < 4.78 is 0. The summed E-state index contributed by atoms with van der Waals surface area (Å²) in [6.07, 6.45) is 0. The molecule has 4 heteroatoms. The van der Waals surface area contributed by atoms with Crippen LogP contribution in [-0.4, -0.2) is 16.9 Å². The summed E-state index contributed by atoms with van der Waals surface area (Å²) in [7, 11) is 0. The molecule has 0 atom stereocenters. The van der Waals surface area contributed by atoms with Gasteiger partial charge in [-0.25, -0.2) is 0 Å². The number of anilines is 1. The number of benzene rings is 1. The maximum atomic E-state index is 12.4. The first-order valence-electron chi connectivity index (χ1n) is 6.93. The first-order valence-corrected chi connectivity index (χ1v) is 6.93. The van der Waals surface area contributed by atoms with E-state index in [-0.39, 0.29) is 22.8 Å². The Bertz CT molecular complexity index is 683. The number of rotatable bonds is 2. The van der Waals surface area contributed by atoms with Gasteiger partial charge in [0.05, 0.1) is 11.2 Å². The molecule has 1 saturated carbocycles. The lowest BCUT2D eigenvalue weighted by atomic mass is 10.0. The molecule has 20 heavy (non-hydrogen) atoms. The van der Waals surface area contributed by atoms with Crippen LogP contribution >= 0.6 is 0 Å². The molecule has 0 aliphatic heterocycles. The quantitative estimate of drug-likeness (QED) is 0.735. The average molecular weight is 271 g/mol. The van der Waals surface area contributed by atoms with Crippen molar-refractivity contribution in [2.24, 2.45) is 10.8 Å². The minimum absolute atomic E-state index is 0.0655. The Kier molecular flexibility index (Phi) is 2.46. The van der Waals surface area contributed by atoms with Crippen molar-refractivity contribution < 1.29 is 4.79 Å². The molecule has 1 amide bonds. The number of hydrogen-bond donors (Lipinski definition) is 3. The van der Waals surface area contributed by atoms with E-state index >= 15 is 0 Å². The Morgan fingerprint density at radius 3 is 2.45 bits per heavy atom. The maximum absolute atomic E-state index is 12.4. The molecular formula is C16H21N3O. The molecular weight excluding hydrogens is 250 g/mol. The Morgan fingerprint density at radius 2 is 1.90 bits per heavy atom. The fourth-order valence-corrected chi connectivity index (χ4v) is 3.07. The highest BCUT2D eigenvalue weighted by Gasteiger charge is 2.65. The van der Waals surface area contributed by atoms with Crippen molar-refractivity contribution in [3.8, 4) is 0 Å². The summed E-state index contributed by atoms with van der Waals surface area (Å²) in [5, 5.41) is 4.08. The Morgan fingerprint density at radius 1 is 1.25 bits per heavy atom.